The Balaban J connectivity index is 2.19. The topological polar surface area (TPSA) is 35.2 Å². The number of hydrogen-bond donors (Lipinski definition) is 1. The van der Waals surface area contributed by atoms with E-state index in [4.69, 9.17) is 5.73 Å². The lowest BCUT2D eigenvalue weighted by molar-refractivity contribution is -0.274. The summed E-state index contributed by atoms with van der Waals surface area (Å²) in [6.07, 6.45) is -4.17. The van der Waals surface area contributed by atoms with Crippen LogP contribution in [-0.4, -0.2) is 6.36 Å². The van der Waals surface area contributed by atoms with Crippen LogP contribution in [0.1, 0.15) is 11.1 Å². The molecule has 19 heavy (non-hydrogen) atoms. The molecule has 98 valence electrons. The lowest BCUT2D eigenvalue weighted by Crippen LogP contribution is -2.17. The first-order valence-electron chi connectivity index (χ1n) is 5.71. The molecule has 0 aliphatic heterocycles. The van der Waals surface area contributed by atoms with Gasteiger partial charge in [-0.2, -0.15) is 0 Å². The Kier molecular flexibility index (Phi) is 2.45. The molecule has 3 rings (SSSR count). The number of hydrogen-bond acceptors (Lipinski definition) is 2. The number of ether oxygens (including phenoxy) is 1. The van der Waals surface area contributed by atoms with Crippen LogP contribution in [0.3, 0.4) is 0 Å². The Bertz CT molecular complexity index is 650. The van der Waals surface area contributed by atoms with Gasteiger partial charge in [-0.25, -0.2) is 0 Å². The highest BCUT2D eigenvalue weighted by molar-refractivity contribution is 5.85. The number of halogens is 3. The monoisotopic (exact) mass is 265 g/mol. The van der Waals surface area contributed by atoms with Gasteiger partial charge in [-0.3, -0.25) is 0 Å². The van der Waals surface area contributed by atoms with Crippen LogP contribution in [0.4, 0.5) is 18.9 Å². The normalized spacial score (nSPS) is 13.0. The van der Waals surface area contributed by atoms with Crippen LogP contribution in [-0.2, 0) is 6.42 Å². The molecule has 5 heteroatoms. The van der Waals surface area contributed by atoms with E-state index in [2.05, 4.69) is 4.74 Å². The minimum Gasteiger partial charge on any atom is -0.405 e. The number of alkyl halides is 3. The van der Waals surface area contributed by atoms with Crippen LogP contribution in [0.25, 0.3) is 11.1 Å². The first-order valence-corrected chi connectivity index (χ1v) is 5.71. The average Bonchev–Trinajstić information content (AvgIpc) is 2.72. The minimum absolute atomic E-state index is 0.193. The smallest absolute Gasteiger partial charge is 0.405 e. The van der Waals surface area contributed by atoms with Gasteiger partial charge >= 0.3 is 6.36 Å². The summed E-state index contributed by atoms with van der Waals surface area (Å²) in [6.45, 7) is 0. The molecule has 2 N–H and O–H groups in total. The maximum atomic E-state index is 12.4. The van der Waals surface area contributed by atoms with Crippen LogP contribution in [0, 0.1) is 0 Å². The minimum atomic E-state index is -4.71. The molecule has 0 unspecified atom stereocenters. The van der Waals surface area contributed by atoms with E-state index in [1.54, 1.807) is 12.1 Å². The number of fused-ring (bicyclic) bond motifs is 3. The summed E-state index contributed by atoms with van der Waals surface area (Å²) in [4.78, 5) is 0. The van der Waals surface area contributed by atoms with Crippen molar-refractivity contribution in [3.05, 3.63) is 47.5 Å². The van der Waals surface area contributed by atoms with Crippen molar-refractivity contribution in [1.29, 1.82) is 0 Å². The second-order valence-corrected chi connectivity index (χ2v) is 4.39. The predicted molar refractivity (Wildman–Crippen MR) is 65.8 cm³/mol. The quantitative estimate of drug-likeness (QED) is 0.680. The summed E-state index contributed by atoms with van der Waals surface area (Å²) in [5.41, 5.74) is 9.20. The standard InChI is InChI=1S/C14H10F3NO/c15-14(16,17)19-12-6-5-11(18)10-7-8-3-1-2-4-9(8)13(10)12/h1-6H,7,18H2. The van der Waals surface area contributed by atoms with Crippen LogP contribution < -0.4 is 10.5 Å². The van der Waals surface area contributed by atoms with Gasteiger partial charge in [0.25, 0.3) is 0 Å². The summed E-state index contributed by atoms with van der Waals surface area (Å²) in [6, 6.07) is 10.0. The molecule has 2 aromatic carbocycles. The summed E-state index contributed by atoms with van der Waals surface area (Å²) in [7, 11) is 0. The van der Waals surface area contributed by atoms with Crippen LogP contribution >= 0.6 is 0 Å². The van der Waals surface area contributed by atoms with Gasteiger partial charge in [0.1, 0.15) is 5.75 Å². The van der Waals surface area contributed by atoms with E-state index in [1.807, 2.05) is 12.1 Å². The molecule has 0 aromatic heterocycles. The Hall–Kier alpha value is -2.17. The highest BCUT2D eigenvalue weighted by Crippen LogP contribution is 2.46. The van der Waals surface area contributed by atoms with Gasteiger partial charge in [0, 0.05) is 17.7 Å². The van der Waals surface area contributed by atoms with Crippen LogP contribution in [0.5, 0.6) is 5.75 Å². The Morgan fingerprint density at radius 1 is 1.05 bits per heavy atom. The SMILES string of the molecule is Nc1ccc(OC(F)(F)F)c2c1Cc1ccccc1-2. The molecule has 0 saturated carbocycles. The first-order chi connectivity index (χ1) is 8.96. The van der Waals surface area contributed by atoms with Crippen LogP contribution in [0.2, 0.25) is 0 Å². The third-order valence-electron chi connectivity index (χ3n) is 3.19. The first kappa shape index (κ1) is 11.9. The van der Waals surface area contributed by atoms with Crippen molar-refractivity contribution in [2.24, 2.45) is 0 Å². The van der Waals surface area contributed by atoms with E-state index in [0.717, 1.165) is 11.1 Å². The predicted octanol–water partition coefficient (Wildman–Crippen LogP) is 3.74. The number of nitrogen functional groups attached to an aromatic ring is 1. The van der Waals surface area contributed by atoms with Gasteiger partial charge < -0.3 is 10.5 Å². The fraction of sp³-hybridized carbons (Fsp3) is 0.143. The molecular weight excluding hydrogens is 255 g/mol. The third-order valence-corrected chi connectivity index (χ3v) is 3.19. The van der Waals surface area contributed by atoms with E-state index in [9.17, 15) is 13.2 Å². The second kappa shape index (κ2) is 3.91. The van der Waals surface area contributed by atoms with Gasteiger partial charge in [0.2, 0.25) is 0 Å². The molecule has 1 aliphatic rings. The molecule has 0 bridgehead atoms. The number of rotatable bonds is 1. The van der Waals surface area contributed by atoms with Gasteiger partial charge in [0.15, 0.2) is 0 Å². The van der Waals surface area contributed by atoms with Crippen molar-refractivity contribution in [3.63, 3.8) is 0 Å². The van der Waals surface area contributed by atoms with Crippen molar-refractivity contribution >= 4 is 5.69 Å². The maximum absolute atomic E-state index is 12.4. The number of benzene rings is 2. The van der Waals surface area contributed by atoms with Gasteiger partial charge in [-0.05, 0) is 28.8 Å². The molecule has 0 fully saturated rings. The summed E-state index contributed by atoms with van der Waals surface area (Å²) >= 11 is 0. The fourth-order valence-corrected chi connectivity index (χ4v) is 2.45. The van der Waals surface area contributed by atoms with Crippen molar-refractivity contribution in [2.45, 2.75) is 12.8 Å². The lowest BCUT2D eigenvalue weighted by Gasteiger charge is -2.14. The molecule has 0 radical (unpaired) electrons. The zero-order chi connectivity index (χ0) is 13.6. The Morgan fingerprint density at radius 2 is 1.79 bits per heavy atom. The van der Waals surface area contributed by atoms with Gasteiger partial charge in [-0.15, -0.1) is 13.2 Å². The van der Waals surface area contributed by atoms with E-state index in [1.165, 1.54) is 12.1 Å². The molecule has 2 aromatic rings. The van der Waals surface area contributed by atoms with Crippen molar-refractivity contribution in [3.8, 4) is 16.9 Å². The maximum Gasteiger partial charge on any atom is 0.573 e. The molecule has 0 spiro atoms. The van der Waals surface area contributed by atoms with Crippen molar-refractivity contribution in [2.75, 3.05) is 5.73 Å². The summed E-state index contributed by atoms with van der Waals surface area (Å²) in [5, 5.41) is 0. The van der Waals surface area contributed by atoms with E-state index in [-0.39, 0.29) is 5.75 Å². The van der Waals surface area contributed by atoms with Crippen LogP contribution in [0.15, 0.2) is 36.4 Å². The molecular formula is C14H10F3NO. The van der Waals surface area contributed by atoms with E-state index in [0.29, 0.717) is 23.2 Å². The Morgan fingerprint density at radius 3 is 2.53 bits per heavy atom. The number of nitrogens with two attached hydrogens (primary N) is 1. The molecule has 0 saturated heterocycles. The number of anilines is 1. The average molecular weight is 265 g/mol. The van der Waals surface area contributed by atoms with Gasteiger partial charge in [-0.1, -0.05) is 24.3 Å². The molecule has 0 heterocycles. The highest BCUT2D eigenvalue weighted by atomic mass is 19.4. The zero-order valence-electron chi connectivity index (χ0n) is 9.79. The third kappa shape index (κ3) is 2.01. The van der Waals surface area contributed by atoms with Gasteiger partial charge in [0.05, 0.1) is 0 Å². The Labute approximate surface area is 107 Å². The molecule has 2 nitrogen and oxygen atoms in total. The lowest BCUT2D eigenvalue weighted by atomic mass is 10.0. The summed E-state index contributed by atoms with van der Waals surface area (Å²) in [5.74, 6) is -0.193. The fourth-order valence-electron chi connectivity index (χ4n) is 2.45. The highest BCUT2D eigenvalue weighted by Gasteiger charge is 2.34. The zero-order valence-corrected chi connectivity index (χ0v) is 9.79. The largest absolute Gasteiger partial charge is 0.573 e. The summed E-state index contributed by atoms with van der Waals surface area (Å²) < 4.78 is 41.4. The van der Waals surface area contributed by atoms with Crippen molar-refractivity contribution in [1.82, 2.24) is 0 Å². The molecule has 1 aliphatic carbocycles. The van der Waals surface area contributed by atoms with E-state index < -0.39 is 6.36 Å². The molecule has 0 amide bonds. The molecule has 0 atom stereocenters. The van der Waals surface area contributed by atoms with E-state index >= 15 is 0 Å². The second-order valence-electron chi connectivity index (χ2n) is 4.39. The van der Waals surface area contributed by atoms with Crippen molar-refractivity contribution < 1.29 is 17.9 Å².